The zero-order chi connectivity index (χ0) is 7.03. The van der Waals surface area contributed by atoms with E-state index in [0.29, 0.717) is 0 Å². The van der Waals surface area contributed by atoms with Crippen molar-refractivity contribution in [1.82, 2.24) is 4.98 Å². The number of hydrogen-bond donors (Lipinski definition) is 1. The third kappa shape index (κ3) is 0.688. The summed E-state index contributed by atoms with van der Waals surface area (Å²) in [4.78, 5) is 3.15. The third-order valence-electron chi connectivity index (χ3n) is 2.17. The zero-order valence-electron chi connectivity index (χ0n) is 6.05. The molecule has 0 amide bonds. The van der Waals surface area contributed by atoms with E-state index in [4.69, 9.17) is 4.74 Å². The highest BCUT2D eigenvalue weighted by molar-refractivity contribution is 5.14. The highest BCUT2D eigenvalue weighted by Crippen LogP contribution is 2.35. The lowest BCUT2D eigenvalue weighted by Crippen LogP contribution is -2.37. The van der Waals surface area contributed by atoms with E-state index < -0.39 is 0 Å². The van der Waals surface area contributed by atoms with Crippen molar-refractivity contribution < 1.29 is 4.74 Å². The van der Waals surface area contributed by atoms with E-state index in [1.165, 1.54) is 5.69 Å². The van der Waals surface area contributed by atoms with Gasteiger partial charge in [-0.15, -0.1) is 0 Å². The molecule has 54 valence electrons. The molecule has 0 aromatic carbocycles. The Bertz CT molecular complexity index is 211. The number of aromatic amines is 1. The van der Waals surface area contributed by atoms with Crippen LogP contribution in [0.15, 0.2) is 18.3 Å². The van der Waals surface area contributed by atoms with Gasteiger partial charge in [0, 0.05) is 18.3 Å². The number of aromatic nitrogens is 1. The molecule has 1 aliphatic heterocycles. The maximum absolute atomic E-state index is 5.43. The summed E-state index contributed by atoms with van der Waals surface area (Å²) in [5, 5.41) is 0. The summed E-state index contributed by atoms with van der Waals surface area (Å²) < 4.78 is 5.43. The van der Waals surface area contributed by atoms with Crippen LogP contribution in [0.1, 0.15) is 19.0 Å². The Balaban J connectivity index is 2.27. The molecular formula is C8H11NO. The van der Waals surface area contributed by atoms with Gasteiger partial charge in [0.1, 0.15) is 5.60 Å². The second kappa shape index (κ2) is 1.86. The normalized spacial score (nSPS) is 31.7. The van der Waals surface area contributed by atoms with Gasteiger partial charge in [0.2, 0.25) is 0 Å². The minimum Gasteiger partial charge on any atom is -0.369 e. The summed E-state index contributed by atoms with van der Waals surface area (Å²) in [5.41, 5.74) is 1.18. The van der Waals surface area contributed by atoms with Crippen LogP contribution in [-0.4, -0.2) is 11.6 Å². The standard InChI is InChI=1S/C8H11NO/c1-8(4-6-10-8)7-3-2-5-9-7/h2-3,5,9H,4,6H2,1H3. The van der Waals surface area contributed by atoms with E-state index in [0.717, 1.165) is 13.0 Å². The summed E-state index contributed by atoms with van der Waals surface area (Å²) in [5.74, 6) is 0. The number of hydrogen-bond acceptors (Lipinski definition) is 1. The van der Waals surface area contributed by atoms with Gasteiger partial charge < -0.3 is 9.72 Å². The van der Waals surface area contributed by atoms with Crippen molar-refractivity contribution in [1.29, 1.82) is 0 Å². The lowest BCUT2D eigenvalue weighted by molar-refractivity contribution is -0.143. The number of ether oxygens (including phenoxy) is 1. The van der Waals surface area contributed by atoms with Gasteiger partial charge in [-0.1, -0.05) is 0 Å². The lowest BCUT2D eigenvalue weighted by atomic mass is 9.94. The van der Waals surface area contributed by atoms with Gasteiger partial charge in [-0.05, 0) is 19.1 Å². The van der Waals surface area contributed by atoms with Gasteiger partial charge in [0.05, 0.1) is 6.61 Å². The van der Waals surface area contributed by atoms with Crippen LogP contribution in [-0.2, 0) is 10.3 Å². The monoisotopic (exact) mass is 137 g/mol. The molecule has 1 aromatic heterocycles. The molecule has 0 aliphatic carbocycles. The Labute approximate surface area is 60.2 Å². The average Bonchev–Trinajstić information content (AvgIpc) is 2.33. The van der Waals surface area contributed by atoms with Crippen LogP contribution >= 0.6 is 0 Å². The second-order valence-corrected chi connectivity index (χ2v) is 2.91. The fourth-order valence-electron chi connectivity index (χ4n) is 1.28. The fourth-order valence-corrected chi connectivity index (χ4v) is 1.28. The van der Waals surface area contributed by atoms with Gasteiger partial charge in [-0.3, -0.25) is 0 Å². The molecule has 1 fully saturated rings. The van der Waals surface area contributed by atoms with Gasteiger partial charge in [0.15, 0.2) is 0 Å². The maximum atomic E-state index is 5.43. The molecule has 1 aromatic rings. The lowest BCUT2D eigenvalue weighted by Gasteiger charge is -2.37. The van der Waals surface area contributed by atoms with Gasteiger partial charge in [-0.2, -0.15) is 0 Å². The molecular weight excluding hydrogens is 126 g/mol. The molecule has 2 rings (SSSR count). The van der Waals surface area contributed by atoms with Gasteiger partial charge in [-0.25, -0.2) is 0 Å². The molecule has 0 spiro atoms. The van der Waals surface area contributed by atoms with Crippen molar-refractivity contribution in [3.05, 3.63) is 24.0 Å². The highest BCUT2D eigenvalue weighted by atomic mass is 16.5. The minimum atomic E-state index is -0.0104. The second-order valence-electron chi connectivity index (χ2n) is 2.91. The van der Waals surface area contributed by atoms with E-state index in [-0.39, 0.29) is 5.60 Å². The van der Waals surface area contributed by atoms with Gasteiger partial charge in [0.25, 0.3) is 0 Å². The molecule has 2 heteroatoms. The quantitative estimate of drug-likeness (QED) is 0.625. The molecule has 1 unspecified atom stereocenters. The van der Waals surface area contributed by atoms with E-state index in [2.05, 4.69) is 18.0 Å². The first-order valence-electron chi connectivity index (χ1n) is 3.59. The van der Waals surface area contributed by atoms with Crippen molar-refractivity contribution in [2.75, 3.05) is 6.61 Å². The van der Waals surface area contributed by atoms with E-state index >= 15 is 0 Å². The molecule has 1 aliphatic rings. The molecule has 1 N–H and O–H groups in total. The first-order chi connectivity index (χ1) is 4.81. The largest absolute Gasteiger partial charge is 0.369 e. The average molecular weight is 137 g/mol. The molecule has 0 radical (unpaired) electrons. The van der Waals surface area contributed by atoms with Crippen LogP contribution < -0.4 is 0 Å². The van der Waals surface area contributed by atoms with Gasteiger partial charge >= 0.3 is 0 Å². The van der Waals surface area contributed by atoms with E-state index in [9.17, 15) is 0 Å². The smallest absolute Gasteiger partial charge is 0.107 e. The molecule has 2 nitrogen and oxygen atoms in total. The number of rotatable bonds is 1. The summed E-state index contributed by atoms with van der Waals surface area (Å²) >= 11 is 0. The minimum absolute atomic E-state index is 0.0104. The molecule has 1 atom stereocenters. The van der Waals surface area contributed by atoms with Crippen molar-refractivity contribution in [2.45, 2.75) is 18.9 Å². The molecule has 0 bridgehead atoms. The Hall–Kier alpha value is -0.760. The summed E-state index contributed by atoms with van der Waals surface area (Å²) in [6, 6.07) is 4.07. The Morgan fingerprint density at radius 1 is 1.70 bits per heavy atom. The maximum Gasteiger partial charge on any atom is 0.107 e. The SMILES string of the molecule is CC1(c2ccc[nH]2)CCO1. The van der Waals surface area contributed by atoms with Crippen LogP contribution in [0.2, 0.25) is 0 Å². The third-order valence-corrected chi connectivity index (χ3v) is 2.17. The molecule has 1 saturated heterocycles. The van der Waals surface area contributed by atoms with Crippen LogP contribution in [0.25, 0.3) is 0 Å². The van der Waals surface area contributed by atoms with Crippen LogP contribution in [0, 0.1) is 0 Å². The first-order valence-corrected chi connectivity index (χ1v) is 3.59. The predicted octanol–water partition coefficient (Wildman–Crippen LogP) is 1.65. The number of nitrogens with one attached hydrogen (secondary N) is 1. The molecule has 10 heavy (non-hydrogen) atoms. The van der Waals surface area contributed by atoms with Crippen molar-refractivity contribution in [3.63, 3.8) is 0 Å². The fraction of sp³-hybridized carbons (Fsp3) is 0.500. The van der Waals surface area contributed by atoms with Crippen LogP contribution in [0.3, 0.4) is 0 Å². The number of H-pyrrole nitrogens is 1. The van der Waals surface area contributed by atoms with Crippen molar-refractivity contribution in [3.8, 4) is 0 Å². The van der Waals surface area contributed by atoms with E-state index in [1.54, 1.807) is 0 Å². The summed E-state index contributed by atoms with van der Waals surface area (Å²) in [6.07, 6.45) is 3.07. The summed E-state index contributed by atoms with van der Waals surface area (Å²) in [6.45, 7) is 3.01. The van der Waals surface area contributed by atoms with Crippen LogP contribution in [0.5, 0.6) is 0 Å². The predicted molar refractivity (Wildman–Crippen MR) is 38.7 cm³/mol. The topological polar surface area (TPSA) is 25.0 Å². The van der Waals surface area contributed by atoms with Crippen molar-refractivity contribution in [2.24, 2.45) is 0 Å². The van der Waals surface area contributed by atoms with E-state index in [1.807, 2.05) is 12.3 Å². The highest BCUT2D eigenvalue weighted by Gasteiger charge is 2.35. The Morgan fingerprint density at radius 2 is 2.50 bits per heavy atom. The van der Waals surface area contributed by atoms with Crippen molar-refractivity contribution >= 4 is 0 Å². The Morgan fingerprint density at radius 3 is 2.90 bits per heavy atom. The molecule has 2 heterocycles. The van der Waals surface area contributed by atoms with Crippen LogP contribution in [0.4, 0.5) is 0 Å². The molecule has 0 saturated carbocycles. The first kappa shape index (κ1) is 5.98. The zero-order valence-corrected chi connectivity index (χ0v) is 6.05. The summed E-state index contributed by atoms with van der Waals surface area (Å²) in [7, 11) is 0. The Kier molecular flexibility index (Phi) is 1.11.